The van der Waals surface area contributed by atoms with Crippen LogP contribution in [-0.2, 0) is 17.8 Å². The molecule has 5 heteroatoms. The monoisotopic (exact) mass is 483 g/mol. The van der Waals surface area contributed by atoms with Crippen LogP contribution in [-0.4, -0.2) is 17.4 Å². The van der Waals surface area contributed by atoms with Gasteiger partial charge in [-0.1, -0.05) is 65.8 Å². The van der Waals surface area contributed by atoms with Crippen LogP contribution in [0.2, 0.25) is 5.02 Å². The summed E-state index contributed by atoms with van der Waals surface area (Å²) >= 11 is 11.7. The topological polar surface area (TPSA) is 20.3 Å². The standard InChI is InChI=1S/C24H19BrClNOS/c25-20-7-3-4-8-22(20)29-23-11-9-17(15-21(23)26)10-12-24(28)27-14-13-18-5-1-2-6-19(18)16-27/h1-12,15H,13-14,16H2/b12-10+. The van der Waals surface area contributed by atoms with Crippen molar-refractivity contribution in [2.75, 3.05) is 6.54 Å². The van der Waals surface area contributed by atoms with Gasteiger partial charge >= 0.3 is 0 Å². The Balaban J connectivity index is 1.43. The highest BCUT2D eigenvalue weighted by Crippen LogP contribution is 2.37. The molecular formula is C24H19BrClNOS. The van der Waals surface area contributed by atoms with Crippen LogP contribution in [0.1, 0.15) is 16.7 Å². The first-order valence-corrected chi connectivity index (χ1v) is 11.3. The normalized spacial score (nSPS) is 13.5. The zero-order chi connectivity index (χ0) is 20.2. The molecule has 1 aliphatic rings. The zero-order valence-corrected chi connectivity index (χ0v) is 18.8. The van der Waals surface area contributed by atoms with Crippen LogP contribution in [0.3, 0.4) is 0 Å². The van der Waals surface area contributed by atoms with Gasteiger partial charge in [0.1, 0.15) is 0 Å². The van der Waals surface area contributed by atoms with Gasteiger partial charge in [0.25, 0.3) is 0 Å². The first kappa shape index (κ1) is 20.3. The summed E-state index contributed by atoms with van der Waals surface area (Å²) in [6.45, 7) is 1.42. The van der Waals surface area contributed by atoms with Gasteiger partial charge in [-0.05, 0) is 69.4 Å². The minimum Gasteiger partial charge on any atom is -0.334 e. The van der Waals surface area contributed by atoms with Gasteiger partial charge < -0.3 is 4.90 Å². The highest BCUT2D eigenvalue weighted by atomic mass is 79.9. The Hall–Kier alpha value is -2.01. The molecule has 0 unspecified atom stereocenters. The van der Waals surface area contributed by atoms with E-state index >= 15 is 0 Å². The fourth-order valence-corrected chi connectivity index (χ4v) is 4.98. The molecule has 3 aromatic rings. The minimum atomic E-state index is 0.0299. The highest BCUT2D eigenvalue weighted by Gasteiger charge is 2.18. The molecule has 1 heterocycles. The molecule has 0 fully saturated rings. The van der Waals surface area contributed by atoms with Crippen molar-refractivity contribution in [1.82, 2.24) is 4.90 Å². The van der Waals surface area contributed by atoms with Crippen molar-refractivity contribution in [3.8, 4) is 0 Å². The smallest absolute Gasteiger partial charge is 0.246 e. The third kappa shape index (κ3) is 4.95. The lowest BCUT2D eigenvalue weighted by atomic mass is 10.00. The van der Waals surface area contributed by atoms with Crippen LogP contribution in [0, 0.1) is 0 Å². The first-order valence-electron chi connectivity index (χ1n) is 9.36. The number of carbonyl (C=O) groups is 1. The molecule has 146 valence electrons. The Morgan fingerprint density at radius 3 is 2.55 bits per heavy atom. The predicted octanol–water partition coefficient (Wildman–Crippen LogP) is 6.85. The zero-order valence-electron chi connectivity index (χ0n) is 15.6. The van der Waals surface area contributed by atoms with Crippen molar-refractivity contribution < 1.29 is 4.79 Å². The van der Waals surface area contributed by atoms with E-state index in [0.717, 1.165) is 32.8 Å². The molecule has 2 nitrogen and oxygen atoms in total. The van der Waals surface area contributed by atoms with E-state index in [1.807, 2.05) is 59.5 Å². The van der Waals surface area contributed by atoms with Crippen molar-refractivity contribution in [3.63, 3.8) is 0 Å². The molecule has 0 spiro atoms. The molecule has 29 heavy (non-hydrogen) atoms. The second-order valence-corrected chi connectivity index (χ2v) is 9.18. The van der Waals surface area contributed by atoms with Gasteiger partial charge in [0.2, 0.25) is 5.91 Å². The average molecular weight is 485 g/mol. The number of rotatable bonds is 4. The van der Waals surface area contributed by atoms with Gasteiger partial charge in [-0.15, -0.1) is 0 Å². The van der Waals surface area contributed by atoms with E-state index in [2.05, 4.69) is 34.1 Å². The summed E-state index contributed by atoms with van der Waals surface area (Å²) in [5, 5.41) is 0.673. The molecule has 0 atom stereocenters. The third-order valence-corrected chi connectivity index (χ3v) is 7.40. The highest BCUT2D eigenvalue weighted by molar-refractivity contribution is 9.10. The van der Waals surface area contributed by atoms with E-state index in [0.29, 0.717) is 11.6 Å². The molecule has 0 radical (unpaired) electrons. The second-order valence-electron chi connectivity index (χ2n) is 6.83. The number of hydrogen-bond donors (Lipinski definition) is 0. The molecular weight excluding hydrogens is 466 g/mol. The summed E-state index contributed by atoms with van der Waals surface area (Å²) in [6, 6.07) is 22.2. The Morgan fingerprint density at radius 2 is 1.76 bits per heavy atom. The van der Waals surface area contributed by atoms with Crippen molar-refractivity contribution >= 4 is 51.3 Å². The lowest BCUT2D eigenvalue weighted by Gasteiger charge is -2.27. The molecule has 0 saturated heterocycles. The van der Waals surface area contributed by atoms with Gasteiger partial charge in [0, 0.05) is 33.4 Å². The van der Waals surface area contributed by atoms with E-state index in [9.17, 15) is 4.79 Å². The number of amides is 1. The molecule has 0 aromatic heterocycles. The van der Waals surface area contributed by atoms with Gasteiger partial charge in [0.05, 0.1) is 5.02 Å². The number of benzene rings is 3. The molecule has 4 rings (SSSR count). The Kier molecular flexibility index (Phi) is 6.43. The molecule has 1 amide bonds. The predicted molar refractivity (Wildman–Crippen MR) is 124 cm³/mol. The fraction of sp³-hybridized carbons (Fsp3) is 0.125. The second kappa shape index (κ2) is 9.21. The maximum Gasteiger partial charge on any atom is 0.246 e. The molecule has 0 bridgehead atoms. The van der Waals surface area contributed by atoms with Crippen LogP contribution in [0.25, 0.3) is 6.08 Å². The van der Waals surface area contributed by atoms with Crippen LogP contribution < -0.4 is 0 Å². The average Bonchev–Trinajstić information content (AvgIpc) is 2.75. The van der Waals surface area contributed by atoms with Crippen LogP contribution in [0.5, 0.6) is 0 Å². The number of fused-ring (bicyclic) bond motifs is 1. The van der Waals surface area contributed by atoms with Crippen LogP contribution >= 0.6 is 39.3 Å². The SMILES string of the molecule is O=C(/C=C/c1ccc(Sc2ccccc2Br)c(Cl)c1)N1CCc2ccccc2C1. The summed E-state index contributed by atoms with van der Waals surface area (Å²) in [6.07, 6.45) is 4.38. The largest absolute Gasteiger partial charge is 0.334 e. The Bertz CT molecular complexity index is 1080. The van der Waals surface area contributed by atoms with E-state index < -0.39 is 0 Å². The number of halogens is 2. The first-order chi connectivity index (χ1) is 14.1. The fourth-order valence-electron chi connectivity index (χ4n) is 3.31. The van der Waals surface area contributed by atoms with Crippen molar-refractivity contribution in [2.24, 2.45) is 0 Å². The third-order valence-electron chi connectivity index (χ3n) is 4.87. The maximum absolute atomic E-state index is 12.6. The number of carbonyl (C=O) groups excluding carboxylic acids is 1. The van der Waals surface area contributed by atoms with Crippen molar-refractivity contribution in [2.45, 2.75) is 22.8 Å². The Labute approximate surface area is 188 Å². The number of hydrogen-bond acceptors (Lipinski definition) is 2. The molecule has 3 aromatic carbocycles. The van der Waals surface area contributed by atoms with Crippen LogP contribution in [0.4, 0.5) is 0 Å². The lowest BCUT2D eigenvalue weighted by molar-refractivity contribution is -0.126. The summed E-state index contributed by atoms with van der Waals surface area (Å²) in [5.74, 6) is 0.0299. The maximum atomic E-state index is 12.6. The van der Waals surface area contributed by atoms with Gasteiger partial charge in [-0.3, -0.25) is 4.79 Å². The van der Waals surface area contributed by atoms with Gasteiger partial charge in [0.15, 0.2) is 0 Å². The van der Waals surface area contributed by atoms with E-state index in [4.69, 9.17) is 11.6 Å². The number of nitrogens with zero attached hydrogens (tertiary/aromatic N) is 1. The van der Waals surface area contributed by atoms with Crippen molar-refractivity contribution in [1.29, 1.82) is 0 Å². The van der Waals surface area contributed by atoms with E-state index in [1.54, 1.807) is 17.8 Å². The van der Waals surface area contributed by atoms with Gasteiger partial charge in [-0.25, -0.2) is 0 Å². The summed E-state index contributed by atoms with van der Waals surface area (Å²) in [4.78, 5) is 16.6. The minimum absolute atomic E-state index is 0.0299. The lowest BCUT2D eigenvalue weighted by Crippen LogP contribution is -2.34. The quantitative estimate of drug-likeness (QED) is 0.377. The molecule has 0 aliphatic carbocycles. The Morgan fingerprint density at radius 1 is 1.00 bits per heavy atom. The van der Waals surface area contributed by atoms with E-state index in [-0.39, 0.29) is 5.91 Å². The summed E-state index contributed by atoms with van der Waals surface area (Å²) in [7, 11) is 0. The summed E-state index contributed by atoms with van der Waals surface area (Å²) in [5.41, 5.74) is 3.49. The molecule has 0 N–H and O–H groups in total. The van der Waals surface area contributed by atoms with Crippen molar-refractivity contribution in [3.05, 3.63) is 99.0 Å². The van der Waals surface area contributed by atoms with E-state index in [1.165, 1.54) is 11.1 Å². The van der Waals surface area contributed by atoms with Gasteiger partial charge in [-0.2, -0.15) is 0 Å². The molecule has 1 aliphatic heterocycles. The molecule has 0 saturated carbocycles. The summed E-state index contributed by atoms with van der Waals surface area (Å²) < 4.78 is 1.04. The van der Waals surface area contributed by atoms with Crippen LogP contribution in [0.15, 0.2) is 87.1 Å².